The number of amides is 1. The van der Waals surface area contributed by atoms with Crippen LogP contribution in [0.5, 0.6) is 0 Å². The third kappa shape index (κ3) is 3.82. The number of aliphatic imine (C=N–C) groups is 1. The first-order valence-corrected chi connectivity index (χ1v) is 8.77. The number of benzene rings is 2. The minimum Gasteiger partial charge on any atom is -0.459 e. The Hall–Kier alpha value is -2.95. The van der Waals surface area contributed by atoms with Crippen molar-refractivity contribution in [3.05, 3.63) is 65.7 Å². The predicted octanol–water partition coefficient (Wildman–Crippen LogP) is 3.64. The van der Waals surface area contributed by atoms with Crippen molar-refractivity contribution < 1.29 is 14.3 Å². The molecule has 0 unspecified atom stereocenters. The highest BCUT2D eigenvalue weighted by Crippen LogP contribution is 2.26. The van der Waals surface area contributed by atoms with Gasteiger partial charge in [-0.3, -0.25) is 4.79 Å². The molecule has 2 aromatic carbocycles. The zero-order chi connectivity index (χ0) is 18.5. The predicted molar refractivity (Wildman–Crippen MR) is 100 cm³/mol. The maximum Gasteiger partial charge on any atom is 0.328 e. The van der Waals surface area contributed by atoms with E-state index in [2.05, 4.69) is 4.99 Å². The van der Waals surface area contributed by atoms with Crippen LogP contribution in [-0.4, -0.2) is 28.5 Å². The molecule has 0 saturated carbocycles. The number of hydrogen-bond donors (Lipinski definition) is 0. The molecule has 3 rings (SSSR count). The van der Waals surface area contributed by atoms with Gasteiger partial charge in [0.05, 0.1) is 5.69 Å². The molecule has 0 aromatic heterocycles. The highest BCUT2D eigenvalue weighted by molar-refractivity contribution is 6.39. The molecule has 26 heavy (non-hydrogen) atoms. The SMILES string of the molecule is CCC1=Nc2ccccc2CN([C@@H](C)C(=O)OCc2ccccc2)C1=O. The smallest absolute Gasteiger partial charge is 0.328 e. The number of rotatable bonds is 5. The van der Waals surface area contributed by atoms with Crippen molar-refractivity contribution in [3.8, 4) is 0 Å². The summed E-state index contributed by atoms with van der Waals surface area (Å²) in [5, 5.41) is 0. The van der Waals surface area contributed by atoms with Crippen LogP contribution in [0.4, 0.5) is 5.69 Å². The first-order valence-electron chi connectivity index (χ1n) is 8.77. The molecule has 1 aliphatic heterocycles. The molecular weight excluding hydrogens is 328 g/mol. The fourth-order valence-corrected chi connectivity index (χ4v) is 2.89. The van der Waals surface area contributed by atoms with Crippen molar-refractivity contribution >= 4 is 23.3 Å². The minimum atomic E-state index is -0.686. The number of ether oxygens (including phenoxy) is 1. The number of nitrogens with zero attached hydrogens (tertiary/aromatic N) is 2. The van der Waals surface area contributed by atoms with Crippen molar-refractivity contribution in [2.24, 2.45) is 4.99 Å². The number of para-hydroxylation sites is 1. The van der Waals surface area contributed by atoms with Crippen molar-refractivity contribution in [1.29, 1.82) is 0 Å². The molecule has 1 heterocycles. The summed E-state index contributed by atoms with van der Waals surface area (Å²) < 4.78 is 5.42. The van der Waals surface area contributed by atoms with Crippen LogP contribution in [0.1, 0.15) is 31.4 Å². The van der Waals surface area contributed by atoms with E-state index in [-0.39, 0.29) is 12.5 Å². The Bertz CT molecular complexity index is 830. The molecule has 5 nitrogen and oxygen atoms in total. The summed E-state index contributed by atoms with van der Waals surface area (Å²) in [5.41, 5.74) is 3.08. The average Bonchev–Trinajstić information content (AvgIpc) is 2.82. The van der Waals surface area contributed by atoms with E-state index < -0.39 is 12.0 Å². The van der Waals surface area contributed by atoms with E-state index in [9.17, 15) is 9.59 Å². The van der Waals surface area contributed by atoms with Crippen LogP contribution in [0.3, 0.4) is 0 Å². The largest absolute Gasteiger partial charge is 0.459 e. The summed E-state index contributed by atoms with van der Waals surface area (Å²) in [6, 6.07) is 16.4. The Kier molecular flexibility index (Phi) is 5.46. The summed E-state index contributed by atoms with van der Waals surface area (Å²) in [6.07, 6.45) is 0.509. The lowest BCUT2D eigenvalue weighted by Crippen LogP contribution is -2.45. The van der Waals surface area contributed by atoms with Gasteiger partial charge in [0.15, 0.2) is 0 Å². The van der Waals surface area contributed by atoms with E-state index in [0.717, 1.165) is 16.8 Å². The number of hydrogen-bond acceptors (Lipinski definition) is 4. The molecule has 5 heteroatoms. The van der Waals surface area contributed by atoms with Crippen LogP contribution in [0.15, 0.2) is 59.6 Å². The third-order valence-corrected chi connectivity index (χ3v) is 4.46. The molecule has 0 spiro atoms. The van der Waals surface area contributed by atoms with Crippen LogP contribution in [-0.2, 0) is 27.5 Å². The van der Waals surface area contributed by atoms with E-state index in [1.165, 1.54) is 0 Å². The van der Waals surface area contributed by atoms with Crippen molar-refractivity contribution in [3.63, 3.8) is 0 Å². The van der Waals surface area contributed by atoms with Crippen LogP contribution < -0.4 is 0 Å². The molecule has 0 N–H and O–H groups in total. The van der Waals surface area contributed by atoms with Gasteiger partial charge in [0.2, 0.25) is 0 Å². The monoisotopic (exact) mass is 350 g/mol. The van der Waals surface area contributed by atoms with Crippen molar-refractivity contribution in [2.75, 3.05) is 0 Å². The van der Waals surface area contributed by atoms with Gasteiger partial charge in [-0.15, -0.1) is 0 Å². The summed E-state index contributed by atoms with van der Waals surface area (Å²) in [7, 11) is 0. The maximum atomic E-state index is 12.9. The zero-order valence-electron chi connectivity index (χ0n) is 15.0. The first-order chi connectivity index (χ1) is 12.6. The van der Waals surface area contributed by atoms with Gasteiger partial charge in [-0.1, -0.05) is 55.5 Å². The second-order valence-electron chi connectivity index (χ2n) is 6.24. The lowest BCUT2D eigenvalue weighted by molar-refractivity contribution is -0.154. The molecule has 134 valence electrons. The Morgan fingerprint density at radius 3 is 2.58 bits per heavy atom. The molecule has 2 aromatic rings. The first kappa shape index (κ1) is 17.9. The highest BCUT2D eigenvalue weighted by Gasteiger charge is 2.31. The van der Waals surface area contributed by atoms with E-state index in [1.807, 2.05) is 61.5 Å². The number of fused-ring (bicyclic) bond motifs is 1. The molecule has 0 saturated heterocycles. The lowest BCUT2D eigenvalue weighted by atomic mass is 10.1. The Morgan fingerprint density at radius 1 is 1.15 bits per heavy atom. The highest BCUT2D eigenvalue weighted by atomic mass is 16.5. The van der Waals surface area contributed by atoms with Crippen molar-refractivity contribution in [1.82, 2.24) is 4.90 Å². The van der Waals surface area contributed by atoms with Gasteiger partial charge < -0.3 is 9.64 Å². The summed E-state index contributed by atoms with van der Waals surface area (Å²) in [6.45, 7) is 4.12. The van der Waals surface area contributed by atoms with Crippen LogP contribution in [0.2, 0.25) is 0 Å². The third-order valence-electron chi connectivity index (χ3n) is 4.46. The maximum absolute atomic E-state index is 12.9. The van der Waals surface area contributed by atoms with E-state index >= 15 is 0 Å². The molecular formula is C21H22N2O3. The average molecular weight is 350 g/mol. The van der Waals surface area contributed by atoms with Gasteiger partial charge in [0.25, 0.3) is 5.91 Å². The van der Waals surface area contributed by atoms with Gasteiger partial charge in [-0.2, -0.15) is 0 Å². The normalized spacial score (nSPS) is 14.9. The number of esters is 1. The summed E-state index contributed by atoms with van der Waals surface area (Å²) in [5.74, 6) is -0.634. The standard InChI is InChI=1S/C21H22N2O3/c1-3-18-20(24)23(13-17-11-7-8-12-19(17)22-18)15(2)21(25)26-14-16-9-5-4-6-10-16/h4-12,15H,3,13-14H2,1-2H3/t15-/m0/s1. The topological polar surface area (TPSA) is 59.0 Å². The van der Waals surface area contributed by atoms with Crippen LogP contribution in [0, 0.1) is 0 Å². The zero-order valence-corrected chi connectivity index (χ0v) is 15.0. The number of carbonyl (C=O) groups is 2. The van der Waals surface area contributed by atoms with Gasteiger partial charge in [0.1, 0.15) is 18.4 Å². The molecule has 1 amide bonds. The van der Waals surface area contributed by atoms with Crippen molar-refractivity contribution in [2.45, 2.75) is 39.5 Å². The molecule has 1 aliphatic rings. The number of carbonyl (C=O) groups excluding carboxylic acids is 2. The quantitative estimate of drug-likeness (QED) is 0.774. The molecule has 0 fully saturated rings. The van der Waals surface area contributed by atoms with Crippen LogP contribution >= 0.6 is 0 Å². The Labute approximate surface area is 153 Å². The van der Waals surface area contributed by atoms with Crippen LogP contribution in [0.25, 0.3) is 0 Å². The summed E-state index contributed by atoms with van der Waals surface area (Å²) in [4.78, 5) is 31.4. The minimum absolute atomic E-state index is 0.192. The fourth-order valence-electron chi connectivity index (χ4n) is 2.89. The second-order valence-corrected chi connectivity index (χ2v) is 6.24. The molecule has 0 bridgehead atoms. The molecule has 0 aliphatic carbocycles. The lowest BCUT2D eigenvalue weighted by Gasteiger charge is -2.27. The van der Waals surface area contributed by atoms with E-state index in [4.69, 9.17) is 4.74 Å². The Balaban J connectivity index is 1.77. The van der Waals surface area contributed by atoms with E-state index in [1.54, 1.807) is 11.8 Å². The van der Waals surface area contributed by atoms with Gasteiger partial charge >= 0.3 is 5.97 Å². The van der Waals surface area contributed by atoms with Gasteiger partial charge in [-0.25, -0.2) is 9.79 Å². The van der Waals surface area contributed by atoms with Gasteiger partial charge in [-0.05, 0) is 30.5 Å². The molecule has 0 radical (unpaired) electrons. The van der Waals surface area contributed by atoms with E-state index in [0.29, 0.717) is 18.7 Å². The fraction of sp³-hybridized carbons (Fsp3) is 0.286. The summed E-state index contributed by atoms with van der Waals surface area (Å²) >= 11 is 0. The van der Waals surface area contributed by atoms with Gasteiger partial charge in [0, 0.05) is 6.54 Å². The molecule has 1 atom stereocenters. The second kappa shape index (κ2) is 7.95. The Morgan fingerprint density at radius 2 is 1.85 bits per heavy atom.